The maximum Gasteiger partial charge on any atom is 0.256 e. The van der Waals surface area contributed by atoms with Crippen LogP contribution in [0, 0.1) is 18.8 Å². The van der Waals surface area contributed by atoms with E-state index in [2.05, 4.69) is 48.2 Å². The summed E-state index contributed by atoms with van der Waals surface area (Å²) in [7, 11) is 1.99. The molecule has 1 unspecified atom stereocenters. The lowest BCUT2D eigenvalue weighted by atomic mass is 9.85. The molecule has 202 valence electrons. The average molecular weight is 522 g/mol. The van der Waals surface area contributed by atoms with Crippen molar-refractivity contribution < 1.29 is 9.90 Å². The van der Waals surface area contributed by atoms with Crippen LogP contribution < -0.4 is 0 Å². The number of aliphatic hydroxyl groups is 1. The number of carbonyl (C=O) groups excluding carboxylic acids is 1. The Bertz CT molecular complexity index is 1420. The van der Waals surface area contributed by atoms with Crippen LogP contribution in [-0.2, 0) is 7.05 Å². The summed E-state index contributed by atoms with van der Waals surface area (Å²) < 4.78 is 2.03. The SMILES string of the molecule is Cc1ccc(C2CCN(C[C@@H]3CN(C(=O)c4cccc5ccn(C)c45)C[C@H]3C(O)c3ccccc3)CC2)cc1. The van der Waals surface area contributed by atoms with E-state index in [9.17, 15) is 9.90 Å². The molecule has 4 aromatic rings. The lowest BCUT2D eigenvalue weighted by Gasteiger charge is -2.35. The van der Waals surface area contributed by atoms with Crippen molar-refractivity contribution in [2.75, 3.05) is 32.7 Å². The first-order chi connectivity index (χ1) is 19.0. The zero-order valence-electron chi connectivity index (χ0n) is 23.0. The second-order valence-corrected chi connectivity index (χ2v) is 11.6. The minimum absolute atomic E-state index is 0.00112. The van der Waals surface area contributed by atoms with Gasteiger partial charge in [-0.2, -0.15) is 0 Å². The number of fused-ring (bicyclic) bond motifs is 1. The van der Waals surface area contributed by atoms with Gasteiger partial charge in [-0.15, -0.1) is 0 Å². The highest BCUT2D eigenvalue weighted by Crippen LogP contribution is 2.37. The molecule has 6 rings (SSSR count). The summed E-state index contributed by atoms with van der Waals surface area (Å²) >= 11 is 0. The smallest absolute Gasteiger partial charge is 0.256 e. The molecule has 1 N–H and O–H groups in total. The molecular formula is C34H39N3O2. The van der Waals surface area contributed by atoms with Crippen molar-refractivity contribution in [3.8, 4) is 0 Å². The van der Waals surface area contributed by atoms with Crippen LogP contribution in [0.5, 0.6) is 0 Å². The number of aliphatic hydroxyl groups excluding tert-OH is 1. The van der Waals surface area contributed by atoms with Crippen molar-refractivity contribution in [3.05, 3.63) is 107 Å². The van der Waals surface area contributed by atoms with Crippen molar-refractivity contribution in [3.63, 3.8) is 0 Å². The third kappa shape index (κ3) is 5.26. The quantitative estimate of drug-likeness (QED) is 0.350. The minimum atomic E-state index is -0.593. The van der Waals surface area contributed by atoms with Crippen LogP contribution in [0.4, 0.5) is 0 Å². The molecule has 2 aliphatic heterocycles. The first kappa shape index (κ1) is 25.8. The van der Waals surface area contributed by atoms with E-state index in [1.165, 1.54) is 11.1 Å². The number of para-hydroxylation sites is 1. The van der Waals surface area contributed by atoms with Gasteiger partial charge in [0.25, 0.3) is 5.91 Å². The molecule has 0 spiro atoms. The molecule has 39 heavy (non-hydrogen) atoms. The third-order valence-electron chi connectivity index (χ3n) is 9.08. The summed E-state index contributed by atoms with van der Waals surface area (Å²) in [6, 6.07) is 27.0. The van der Waals surface area contributed by atoms with E-state index in [0.29, 0.717) is 19.0 Å². The summed E-state index contributed by atoms with van der Waals surface area (Å²) in [4.78, 5) is 18.4. The van der Waals surface area contributed by atoms with Gasteiger partial charge in [-0.1, -0.05) is 72.3 Å². The minimum Gasteiger partial charge on any atom is -0.388 e. The fourth-order valence-corrected chi connectivity index (χ4v) is 6.83. The lowest BCUT2D eigenvalue weighted by Crippen LogP contribution is -2.39. The van der Waals surface area contributed by atoms with Gasteiger partial charge in [-0.05, 0) is 68.0 Å². The number of aromatic nitrogens is 1. The second kappa shape index (κ2) is 11.0. The van der Waals surface area contributed by atoms with E-state index in [1.807, 2.05) is 65.2 Å². The normalized spacial score (nSPS) is 21.5. The van der Waals surface area contributed by atoms with Crippen LogP contribution in [0.15, 0.2) is 85.1 Å². The van der Waals surface area contributed by atoms with E-state index in [0.717, 1.165) is 54.5 Å². The number of likely N-dealkylation sites (tertiary alicyclic amines) is 2. The van der Waals surface area contributed by atoms with Crippen LogP contribution in [-0.4, -0.2) is 58.1 Å². The maximum atomic E-state index is 13.9. The number of rotatable bonds is 6. The van der Waals surface area contributed by atoms with E-state index in [-0.39, 0.29) is 17.7 Å². The Kier molecular flexibility index (Phi) is 7.28. The Hall–Kier alpha value is -3.41. The van der Waals surface area contributed by atoms with E-state index < -0.39 is 6.10 Å². The number of aryl methyl sites for hydroxylation is 2. The van der Waals surface area contributed by atoms with Gasteiger partial charge >= 0.3 is 0 Å². The van der Waals surface area contributed by atoms with Gasteiger partial charge in [0.05, 0.1) is 17.2 Å². The molecule has 5 heteroatoms. The zero-order valence-corrected chi connectivity index (χ0v) is 23.0. The monoisotopic (exact) mass is 521 g/mol. The Morgan fingerprint density at radius 3 is 2.41 bits per heavy atom. The predicted molar refractivity (Wildman–Crippen MR) is 157 cm³/mol. The first-order valence-electron chi connectivity index (χ1n) is 14.3. The molecule has 2 fully saturated rings. The Balaban J connectivity index is 1.20. The second-order valence-electron chi connectivity index (χ2n) is 11.6. The molecule has 1 aromatic heterocycles. The van der Waals surface area contributed by atoms with Gasteiger partial charge in [0, 0.05) is 44.2 Å². The Morgan fingerprint density at radius 1 is 0.923 bits per heavy atom. The molecule has 2 saturated heterocycles. The Morgan fingerprint density at radius 2 is 1.67 bits per heavy atom. The van der Waals surface area contributed by atoms with Crippen LogP contribution >= 0.6 is 0 Å². The van der Waals surface area contributed by atoms with E-state index in [4.69, 9.17) is 0 Å². The highest BCUT2D eigenvalue weighted by atomic mass is 16.3. The number of hydrogen-bond donors (Lipinski definition) is 1. The van der Waals surface area contributed by atoms with E-state index >= 15 is 0 Å². The molecule has 3 heterocycles. The van der Waals surface area contributed by atoms with Gasteiger partial charge in [-0.3, -0.25) is 4.79 Å². The summed E-state index contributed by atoms with van der Waals surface area (Å²) in [5.74, 6) is 0.889. The molecule has 0 saturated carbocycles. The van der Waals surface area contributed by atoms with E-state index in [1.54, 1.807) is 0 Å². The number of benzene rings is 3. The largest absolute Gasteiger partial charge is 0.388 e. The fourth-order valence-electron chi connectivity index (χ4n) is 6.83. The fraction of sp³-hybridized carbons (Fsp3) is 0.382. The van der Waals surface area contributed by atoms with Gasteiger partial charge < -0.3 is 19.5 Å². The van der Waals surface area contributed by atoms with Crippen molar-refractivity contribution >= 4 is 16.8 Å². The summed E-state index contributed by atoms with van der Waals surface area (Å²) in [6.45, 7) is 6.40. The molecule has 0 aliphatic carbocycles. The molecule has 3 aromatic carbocycles. The maximum absolute atomic E-state index is 13.9. The summed E-state index contributed by atoms with van der Waals surface area (Å²) in [5, 5.41) is 12.6. The lowest BCUT2D eigenvalue weighted by molar-refractivity contribution is 0.0701. The van der Waals surface area contributed by atoms with Gasteiger partial charge in [0.15, 0.2) is 0 Å². The van der Waals surface area contributed by atoms with Crippen molar-refractivity contribution in [1.82, 2.24) is 14.4 Å². The summed E-state index contributed by atoms with van der Waals surface area (Å²) in [6.07, 6.45) is 3.72. The highest BCUT2D eigenvalue weighted by molar-refractivity contribution is 6.06. The number of amides is 1. The van der Waals surface area contributed by atoms with Crippen molar-refractivity contribution in [2.45, 2.75) is 31.8 Å². The van der Waals surface area contributed by atoms with Gasteiger partial charge in [0.1, 0.15) is 0 Å². The van der Waals surface area contributed by atoms with Crippen LogP contribution in [0.3, 0.4) is 0 Å². The zero-order chi connectivity index (χ0) is 26.9. The number of carbonyl (C=O) groups is 1. The van der Waals surface area contributed by atoms with Gasteiger partial charge in [0.2, 0.25) is 0 Å². The van der Waals surface area contributed by atoms with Crippen molar-refractivity contribution in [2.24, 2.45) is 18.9 Å². The van der Waals surface area contributed by atoms with Crippen LogP contribution in [0.1, 0.15) is 51.9 Å². The molecule has 0 bridgehead atoms. The van der Waals surface area contributed by atoms with Gasteiger partial charge in [-0.25, -0.2) is 0 Å². The number of nitrogens with zero attached hydrogens (tertiary/aromatic N) is 3. The molecule has 2 aliphatic rings. The van der Waals surface area contributed by atoms with Crippen LogP contribution in [0.25, 0.3) is 10.9 Å². The highest BCUT2D eigenvalue weighted by Gasteiger charge is 2.41. The topological polar surface area (TPSA) is 48.7 Å². The molecular weight excluding hydrogens is 482 g/mol. The van der Waals surface area contributed by atoms with Crippen molar-refractivity contribution in [1.29, 1.82) is 0 Å². The molecule has 0 radical (unpaired) electrons. The number of piperidine rings is 1. The molecule has 3 atom stereocenters. The first-order valence-corrected chi connectivity index (χ1v) is 14.3. The third-order valence-corrected chi connectivity index (χ3v) is 9.08. The van der Waals surface area contributed by atoms with Crippen LogP contribution in [0.2, 0.25) is 0 Å². The number of hydrogen-bond acceptors (Lipinski definition) is 3. The Labute approximate surface area is 231 Å². The average Bonchev–Trinajstić information content (AvgIpc) is 3.57. The molecule has 5 nitrogen and oxygen atoms in total. The summed E-state index contributed by atoms with van der Waals surface area (Å²) in [5.41, 5.74) is 5.41. The standard InChI is InChI=1S/C34H39N3O2/c1-24-11-13-25(14-12-24)26-16-19-36(20-17-26)21-29-22-37(23-31(29)33(38)28-7-4-3-5-8-28)34(39)30-10-6-9-27-15-18-35(2)32(27)30/h3-15,18,26,29,31,33,38H,16-17,19-23H2,1-2H3/t29-,31-,33?/m1/s1. The predicted octanol–water partition coefficient (Wildman–Crippen LogP) is 5.79. The molecule has 1 amide bonds.